The summed E-state index contributed by atoms with van der Waals surface area (Å²) in [5, 5.41) is 12.5. The molecule has 455 valence electrons. The fourth-order valence-corrected chi connectivity index (χ4v) is 22.0. The van der Waals surface area contributed by atoms with Gasteiger partial charge in [-0.2, -0.15) is 0 Å². The SMILES string of the molecule is C=CCCCCCC.CCCCCC=CC[SiH](c1ccccc1)c1ccccc1.CCCCCCC(C)[SiH](c1ccccc1)c1ccccc1.CCCCCCCC[SiH](c1ccccc1)c1ccccc1.[Co].c1ccc([SiH2]c2ccccc2)cc1. The first kappa shape index (κ1) is 73.9. The summed E-state index contributed by atoms with van der Waals surface area (Å²) in [7, 11) is -3.44. The second-order valence-corrected chi connectivity index (χ2v) is 34.3. The predicted molar refractivity (Wildman–Crippen MR) is 392 cm³/mol. The van der Waals surface area contributed by atoms with Crippen LogP contribution in [0, 0.1) is 0 Å². The maximum absolute atomic E-state index is 3.66. The van der Waals surface area contributed by atoms with Crippen LogP contribution < -0.4 is 41.5 Å². The molecule has 8 aromatic carbocycles. The zero-order valence-electron chi connectivity index (χ0n) is 53.4. The smallest absolute Gasteiger partial charge is 0.103 e. The fraction of sp³-hybridized carbons (Fsp3) is 0.350. The Morgan fingerprint density at radius 3 is 1.04 bits per heavy atom. The van der Waals surface area contributed by atoms with Gasteiger partial charge in [0.05, 0.1) is 9.52 Å². The van der Waals surface area contributed by atoms with Crippen molar-refractivity contribution in [2.24, 2.45) is 0 Å². The van der Waals surface area contributed by atoms with Gasteiger partial charge in [-0.25, -0.2) is 0 Å². The Morgan fingerprint density at radius 2 is 0.647 bits per heavy atom. The average Bonchev–Trinajstić information content (AvgIpc) is 3.59. The summed E-state index contributed by atoms with van der Waals surface area (Å²) >= 11 is 0. The van der Waals surface area contributed by atoms with Crippen molar-refractivity contribution >= 4 is 77.4 Å². The van der Waals surface area contributed by atoms with E-state index in [2.05, 4.69) is 296 Å². The van der Waals surface area contributed by atoms with Crippen molar-refractivity contribution in [2.45, 2.75) is 181 Å². The summed E-state index contributed by atoms with van der Waals surface area (Å²) < 4.78 is 0. The molecule has 0 saturated carbocycles. The van der Waals surface area contributed by atoms with E-state index in [-0.39, 0.29) is 26.3 Å². The van der Waals surface area contributed by atoms with Crippen molar-refractivity contribution in [3.05, 3.63) is 267 Å². The van der Waals surface area contributed by atoms with Gasteiger partial charge < -0.3 is 0 Å². The molecular formula is C80H110CoSi4. The molecular weight excluding hydrogens is 1130 g/mol. The number of allylic oxidation sites excluding steroid dienone is 3. The quantitative estimate of drug-likeness (QED) is 0.0224. The number of benzene rings is 8. The van der Waals surface area contributed by atoms with E-state index in [4.69, 9.17) is 0 Å². The molecule has 0 saturated heterocycles. The number of unbranched alkanes of at least 4 members (excludes halogenated alkanes) is 15. The summed E-state index contributed by atoms with van der Waals surface area (Å²) in [5.74, 6) is 0. The molecule has 0 N–H and O–H groups in total. The molecule has 0 bridgehead atoms. The topological polar surface area (TPSA) is 0 Å². The molecule has 0 aliphatic rings. The van der Waals surface area contributed by atoms with Gasteiger partial charge in [-0.1, -0.05) is 446 Å². The first-order chi connectivity index (χ1) is 41.5. The molecule has 0 fully saturated rings. The van der Waals surface area contributed by atoms with Crippen LogP contribution in [0.25, 0.3) is 0 Å². The van der Waals surface area contributed by atoms with Gasteiger partial charge in [0.2, 0.25) is 0 Å². The zero-order valence-corrected chi connectivity index (χ0v) is 59.4. The van der Waals surface area contributed by atoms with E-state index in [0.717, 1.165) is 5.54 Å². The molecule has 0 aromatic heterocycles. The first-order valence-electron chi connectivity index (χ1n) is 33.2. The van der Waals surface area contributed by atoms with E-state index in [1.54, 1.807) is 31.1 Å². The zero-order chi connectivity index (χ0) is 59.6. The van der Waals surface area contributed by atoms with E-state index >= 15 is 0 Å². The number of hydrogen-bond donors (Lipinski definition) is 0. The minimum absolute atomic E-state index is 0. The predicted octanol–water partition coefficient (Wildman–Crippen LogP) is 16.9. The Hall–Kier alpha value is -5.39. The molecule has 0 nitrogen and oxygen atoms in total. The Balaban J connectivity index is 0.000000286. The van der Waals surface area contributed by atoms with Crippen LogP contribution in [0.4, 0.5) is 0 Å². The Kier molecular flexibility index (Phi) is 44.1. The van der Waals surface area contributed by atoms with Gasteiger partial charge in [-0.05, 0) is 37.3 Å². The van der Waals surface area contributed by atoms with Crippen LogP contribution in [-0.2, 0) is 16.8 Å². The molecule has 0 heterocycles. The molecule has 1 unspecified atom stereocenters. The summed E-state index contributed by atoms with van der Waals surface area (Å²) in [4.78, 5) is 0. The molecule has 85 heavy (non-hydrogen) atoms. The largest absolute Gasteiger partial charge is 0.106 e. The van der Waals surface area contributed by atoms with Crippen LogP contribution >= 0.6 is 0 Å². The van der Waals surface area contributed by atoms with Crippen molar-refractivity contribution in [3.63, 3.8) is 0 Å². The van der Waals surface area contributed by atoms with Crippen molar-refractivity contribution in [1.29, 1.82) is 0 Å². The molecule has 0 amide bonds. The Bertz CT molecular complexity index is 2570. The van der Waals surface area contributed by atoms with E-state index in [0.29, 0.717) is 0 Å². The average molecular weight is 1240 g/mol. The van der Waals surface area contributed by atoms with Gasteiger partial charge in [-0.3, -0.25) is 0 Å². The maximum Gasteiger partial charge on any atom is 0.106 e. The third kappa shape index (κ3) is 33.4. The van der Waals surface area contributed by atoms with Crippen LogP contribution in [0.2, 0.25) is 17.6 Å². The molecule has 5 heteroatoms. The Morgan fingerprint density at radius 1 is 0.341 bits per heavy atom. The third-order valence-corrected chi connectivity index (χ3v) is 27.8. The fourth-order valence-electron chi connectivity index (χ4n) is 11.1. The monoisotopic (exact) mass is 1240 g/mol. The first-order valence-corrected chi connectivity index (χ1v) is 40.3. The summed E-state index contributed by atoms with van der Waals surface area (Å²) in [6.45, 7) is 15.2. The molecule has 0 spiro atoms. The molecule has 8 aromatic rings. The van der Waals surface area contributed by atoms with Crippen molar-refractivity contribution < 1.29 is 16.8 Å². The van der Waals surface area contributed by atoms with Crippen LogP contribution in [0.3, 0.4) is 0 Å². The van der Waals surface area contributed by atoms with Gasteiger partial charge >= 0.3 is 0 Å². The Labute approximate surface area is 538 Å². The summed E-state index contributed by atoms with van der Waals surface area (Å²) in [6, 6.07) is 91.0. The molecule has 8 rings (SSSR count). The molecule has 1 radical (unpaired) electrons. The number of rotatable bonds is 32. The van der Waals surface area contributed by atoms with E-state index < -0.39 is 26.4 Å². The van der Waals surface area contributed by atoms with Crippen molar-refractivity contribution in [1.82, 2.24) is 0 Å². The second kappa shape index (κ2) is 50.7. The standard InChI is InChI=1S/2C20H28Si.C20H26Si.C12H12Si.C8H16.Co/c1-3-4-5-8-13-18(2)21(19-14-9-6-10-15-19)20-16-11-7-12-17-20;2*1-2-3-4-5-6-13-18-21(19-14-9-7-10-15-19)20-16-11-8-12-17-20;1-3-7-11(8-4-1)13-12-9-5-2-6-10-12;1-3-5-7-8-6-4-2;/h6-7,9-12,14-18,21H,3-5,8,13H2,1-2H3;7-12,14-17,21H,2-6,13,18H2,1H3;6-17,21H,2-5,18H2,1H3;1-10H,13H2;3H,1,4-8H2,2H3;. The van der Waals surface area contributed by atoms with Crippen LogP contribution in [0.5, 0.6) is 0 Å². The van der Waals surface area contributed by atoms with Crippen molar-refractivity contribution in [2.75, 3.05) is 0 Å². The molecule has 1 atom stereocenters. The van der Waals surface area contributed by atoms with E-state index in [1.165, 1.54) is 151 Å². The van der Waals surface area contributed by atoms with Gasteiger partial charge in [0, 0.05) is 16.8 Å². The minimum atomic E-state index is -1.10. The summed E-state index contributed by atoms with van der Waals surface area (Å²) in [6.07, 6.45) is 33.9. The van der Waals surface area contributed by atoms with Gasteiger partial charge in [0.15, 0.2) is 0 Å². The third-order valence-electron chi connectivity index (χ3n) is 15.9. The molecule has 0 aliphatic heterocycles. The second-order valence-electron chi connectivity index (χ2n) is 22.9. The maximum atomic E-state index is 3.66. The van der Waals surface area contributed by atoms with Crippen molar-refractivity contribution in [3.8, 4) is 0 Å². The number of hydrogen-bond acceptors (Lipinski definition) is 0. The normalized spacial score (nSPS) is 11.0. The summed E-state index contributed by atoms with van der Waals surface area (Å²) in [5.41, 5.74) is 0.826. The van der Waals surface area contributed by atoms with Gasteiger partial charge in [0.25, 0.3) is 0 Å². The van der Waals surface area contributed by atoms with Gasteiger partial charge in [-0.15, -0.1) is 6.58 Å². The molecule has 0 aliphatic carbocycles. The minimum Gasteiger partial charge on any atom is -0.103 e. The van der Waals surface area contributed by atoms with Crippen LogP contribution in [0.1, 0.15) is 163 Å². The van der Waals surface area contributed by atoms with E-state index in [9.17, 15) is 0 Å². The van der Waals surface area contributed by atoms with Crippen LogP contribution in [0.15, 0.2) is 267 Å². The van der Waals surface area contributed by atoms with E-state index in [1.807, 2.05) is 6.08 Å². The van der Waals surface area contributed by atoms with Crippen LogP contribution in [-0.4, -0.2) is 35.9 Å². The van der Waals surface area contributed by atoms with Gasteiger partial charge in [0.1, 0.15) is 26.4 Å².